The Morgan fingerprint density at radius 1 is 1.16 bits per heavy atom. The summed E-state index contributed by atoms with van der Waals surface area (Å²) in [6.45, 7) is 7.02. The molecule has 0 spiro atoms. The van der Waals surface area contributed by atoms with E-state index in [9.17, 15) is 9.59 Å². The Morgan fingerprint density at radius 2 is 1.79 bits per heavy atom. The highest BCUT2D eigenvalue weighted by molar-refractivity contribution is 5.99. The average Bonchev–Trinajstić information content (AvgIpc) is 2.38. The Bertz CT molecular complexity index is 499. The minimum atomic E-state index is 0.0667. The van der Waals surface area contributed by atoms with Gasteiger partial charge < -0.3 is 4.90 Å². The van der Waals surface area contributed by atoms with Crippen LogP contribution in [0.15, 0.2) is 18.2 Å². The highest BCUT2D eigenvalue weighted by Crippen LogP contribution is 2.23. The molecular formula is C16H21NO2. The highest BCUT2D eigenvalue weighted by Gasteiger charge is 2.27. The fraction of sp³-hybridized carbons (Fsp3) is 0.500. The molecule has 1 heterocycles. The zero-order valence-corrected chi connectivity index (χ0v) is 11.9. The fourth-order valence-electron chi connectivity index (χ4n) is 2.77. The van der Waals surface area contributed by atoms with Crippen molar-refractivity contribution in [2.75, 3.05) is 13.1 Å². The number of hydrogen-bond donors (Lipinski definition) is 0. The molecule has 0 saturated carbocycles. The maximum Gasteiger partial charge on any atom is 0.219 e. The summed E-state index contributed by atoms with van der Waals surface area (Å²) in [4.78, 5) is 25.6. The SMILES string of the molecule is CC(=O)N1CCC(C(=O)c2ccc(C)cc2C)CC1. The van der Waals surface area contributed by atoms with Gasteiger partial charge in [0.1, 0.15) is 0 Å². The van der Waals surface area contributed by atoms with E-state index in [4.69, 9.17) is 0 Å². The van der Waals surface area contributed by atoms with Gasteiger partial charge >= 0.3 is 0 Å². The summed E-state index contributed by atoms with van der Waals surface area (Å²) >= 11 is 0. The number of benzene rings is 1. The molecule has 0 atom stereocenters. The summed E-state index contributed by atoms with van der Waals surface area (Å²) in [5, 5.41) is 0. The molecule has 0 bridgehead atoms. The number of Topliss-reactive ketones (excluding diaryl/α,β-unsaturated/α-hetero) is 1. The molecule has 0 aromatic heterocycles. The van der Waals surface area contributed by atoms with Crippen molar-refractivity contribution in [2.45, 2.75) is 33.6 Å². The highest BCUT2D eigenvalue weighted by atomic mass is 16.2. The van der Waals surface area contributed by atoms with E-state index in [0.29, 0.717) is 13.1 Å². The van der Waals surface area contributed by atoms with Crippen LogP contribution < -0.4 is 0 Å². The van der Waals surface area contributed by atoms with Gasteiger partial charge in [-0.25, -0.2) is 0 Å². The lowest BCUT2D eigenvalue weighted by Crippen LogP contribution is -2.39. The van der Waals surface area contributed by atoms with Crippen LogP contribution in [-0.4, -0.2) is 29.7 Å². The van der Waals surface area contributed by atoms with Crippen LogP contribution in [0.25, 0.3) is 0 Å². The lowest BCUT2D eigenvalue weighted by Gasteiger charge is -2.30. The van der Waals surface area contributed by atoms with Crippen LogP contribution in [0.3, 0.4) is 0 Å². The minimum absolute atomic E-state index is 0.0667. The smallest absolute Gasteiger partial charge is 0.219 e. The van der Waals surface area contributed by atoms with E-state index in [1.165, 1.54) is 5.56 Å². The van der Waals surface area contributed by atoms with Gasteiger partial charge in [0.2, 0.25) is 5.91 Å². The van der Waals surface area contributed by atoms with E-state index in [0.717, 1.165) is 24.0 Å². The van der Waals surface area contributed by atoms with Crippen LogP contribution in [0.4, 0.5) is 0 Å². The van der Waals surface area contributed by atoms with Crippen LogP contribution in [0.5, 0.6) is 0 Å². The summed E-state index contributed by atoms with van der Waals surface area (Å²) in [5.41, 5.74) is 3.08. The van der Waals surface area contributed by atoms with E-state index >= 15 is 0 Å². The molecule has 0 unspecified atom stereocenters. The zero-order valence-electron chi connectivity index (χ0n) is 11.9. The summed E-state index contributed by atoms with van der Waals surface area (Å²) < 4.78 is 0. The molecule has 1 aromatic rings. The van der Waals surface area contributed by atoms with Gasteiger partial charge in [-0.15, -0.1) is 0 Å². The first kappa shape index (κ1) is 13.8. The minimum Gasteiger partial charge on any atom is -0.343 e. The molecule has 1 saturated heterocycles. The van der Waals surface area contributed by atoms with Gasteiger partial charge in [-0.3, -0.25) is 9.59 Å². The first-order valence-electron chi connectivity index (χ1n) is 6.86. The maximum atomic E-state index is 12.5. The molecule has 0 radical (unpaired) electrons. The molecule has 1 amide bonds. The van der Waals surface area contributed by atoms with Crippen molar-refractivity contribution < 1.29 is 9.59 Å². The molecule has 0 N–H and O–H groups in total. The van der Waals surface area contributed by atoms with Crippen LogP contribution in [0.1, 0.15) is 41.3 Å². The molecule has 3 heteroatoms. The summed E-state index contributed by atoms with van der Waals surface area (Å²) in [6, 6.07) is 5.98. The number of hydrogen-bond acceptors (Lipinski definition) is 2. The van der Waals surface area contributed by atoms with Crippen LogP contribution in [0.2, 0.25) is 0 Å². The van der Waals surface area contributed by atoms with Gasteiger partial charge in [0.25, 0.3) is 0 Å². The van der Waals surface area contributed by atoms with Gasteiger partial charge in [-0.2, -0.15) is 0 Å². The Labute approximate surface area is 114 Å². The third-order valence-corrected chi connectivity index (χ3v) is 3.96. The molecule has 3 nitrogen and oxygen atoms in total. The molecule has 0 aliphatic carbocycles. The molecule has 19 heavy (non-hydrogen) atoms. The fourth-order valence-corrected chi connectivity index (χ4v) is 2.77. The third-order valence-electron chi connectivity index (χ3n) is 3.96. The van der Waals surface area contributed by atoms with Crippen molar-refractivity contribution in [3.63, 3.8) is 0 Å². The summed E-state index contributed by atoms with van der Waals surface area (Å²) in [6.07, 6.45) is 1.57. The first-order chi connectivity index (χ1) is 8.99. The average molecular weight is 259 g/mol. The Kier molecular flexibility index (Phi) is 4.03. The van der Waals surface area contributed by atoms with Crippen molar-refractivity contribution in [1.29, 1.82) is 0 Å². The van der Waals surface area contributed by atoms with Gasteiger partial charge in [0.15, 0.2) is 5.78 Å². The number of amides is 1. The normalized spacial score (nSPS) is 16.5. The molecular weight excluding hydrogens is 238 g/mol. The topological polar surface area (TPSA) is 37.4 Å². The number of carbonyl (C=O) groups excluding carboxylic acids is 2. The van der Waals surface area contributed by atoms with Gasteiger partial charge in [0.05, 0.1) is 0 Å². The molecule has 1 aromatic carbocycles. The van der Waals surface area contributed by atoms with Gasteiger partial charge in [-0.1, -0.05) is 23.8 Å². The van der Waals surface area contributed by atoms with Crippen molar-refractivity contribution in [2.24, 2.45) is 5.92 Å². The van der Waals surface area contributed by atoms with E-state index in [1.54, 1.807) is 6.92 Å². The van der Waals surface area contributed by atoms with Gasteiger partial charge in [0, 0.05) is 31.5 Å². The van der Waals surface area contributed by atoms with Crippen molar-refractivity contribution in [1.82, 2.24) is 4.90 Å². The maximum absolute atomic E-state index is 12.5. The second-order valence-electron chi connectivity index (χ2n) is 5.46. The Hall–Kier alpha value is -1.64. The molecule has 1 aliphatic heterocycles. The molecule has 1 aliphatic rings. The third kappa shape index (κ3) is 3.03. The molecule has 102 valence electrons. The Morgan fingerprint density at radius 3 is 2.32 bits per heavy atom. The van der Waals surface area contributed by atoms with Crippen LogP contribution >= 0.6 is 0 Å². The number of ketones is 1. The summed E-state index contributed by atoms with van der Waals surface area (Å²) in [5.74, 6) is 0.412. The number of likely N-dealkylation sites (tertiary alicyclic amines) is 1. The monoisotopic (exact) mass is 259 g/mol. The van der Waals surface area contributed by atoms with E-state index in [1.807, 2.05) is 30.9 Å². The van der Waals surface area contributed by atoms with E-state index in [2.05, 4.69) is 6.07 Å². The quantitative estimate of drug-likeness (QED) is 0.766. The predicted molar refractivity (Wildman–Crippen MR) is 75.2 cm³/mol. The molecule has 2 rings (SSSR count). The number of piperidine rings is 1. The number of nitrogens with zero attached hydrogens (tertiary/aromatic N) is 1. The lowest BCUT2D eigenvalue weighted by molar-refractivity contribution is -0.130. The Balaban J connectivity index is 2.07. The van der Waals surface area contributed by atoms with Gasteiger partial charge in [-0.05, 0) is 32.3 Å². The van der Waals surface area contributed by atoms with Crippen molar-refractivity contribution in [3.8, 4) is 0 Å². The zero-order chi connectivity index (χ0) is 14.0. The number of aryl methyl sites for hydroxylation is 2. The largest absolute Gasteiger partial charge is 0.343 e. The van der Waals surface area contributed by atoms with E-state index in [-0.39, 0.29) is 17.6 Å². The second kappa shape index (κ2) is 5.55. The predicted octanol–water partition coefficient (Wildman–Crippen LogP) is 2.74. The lowest BCUT2D eigenvalue weighted by atomic mass is 9.87. The van der Waals surface area contributed by atoms with Crippen LogP contribution in [0, 0.1) is 19.8 Å². The molecule has 1 fully saturated rings. The second-order valence-corrected chi connectivity index (χ2v) is 5.46. The van der Waals surface area contributed by atoms with Crippen molar-refractivity contribution in [3.05, 3.63) is 34.9 Å². The van der Waals surface area contributed by atoms with E-state index < -0.39 is 0 Å². The summed E-state index contributed by atoms with van der Waals surface area (Å²) in [7, 11) is 0. The van der Waals surface area contributed by atoms with Crippen molar-refractivity contribution >= 4 is 11.7 Å². The first-order valence-corrected chi connectivity index (χ1v) is 6.86. The van der Waals surface area contributed by atoms with Crippen LogP contribution in [-0.2, 0) is 4.79 Å². The standard InChI is InChI=1S/C16H21NO2/c1-11-4-5-15(12(2)10-11)16(19)14-6-8-17(9-7-14)13(3)18/h4-5,10,14H,6-9H2,1-3H3. The number of carbonyl (C=O) groups is 2. The number of rotatable bonds is 2.